The molecule has 0 amide bonds. The molecule has 0 saturated carbocycles. The lowest BCUT2D eigenvalue weighted by atomic mass is 10.1. The van der Waals surface area contributed by atoms with Gasteiger partial charge < -0.3 is 0 Å². The number of halogens is 1. The van der Waals surface area contributed by atoms with E-state index < -0.39 is 0 Å². The summed E-state index contributed by atoms with van der Waals surface area (Å²) < 4.78 is 3.32. The average molecular weight is 372 g/mol. The average Bonchev–Trinajstić information content (AvgIpc) is 3.21. The van der Waals surface area contributed by atoms with Crippen LogP contribution < -0.4 is 5.56 Å². The van der Waals surface area contributed by atoms with E-state index in [0.717, 1.165) is 21.8 Å². The summed E-state index contributed by atoms with van der Waals surface area (Å²) in [6, 6.07) is 7.52. The standard InChI is InChI=1S/C17H14ClN5OS/c1-22-14(19-9-21-22)6-7-23-10-20-16-15(17(23)24)12(8-25-16)11-4-2-3-5-13(11)18/h2-5,8-10H,6-7H2,1H3. The zero-order valence-electron chi connectivity index (χ0n) is 13.4. The van der Waals surface area contributed by atoms with Crippen LogP contribution in [0.4, 0.5) is 0 Å². The molecule has 0 atom stereocenters. The van der Waals surface area contributed by atoms with Gasteiger partial charge in [-0.05, 0) is 6.07 Å². The Morgan fingerprint density at radius 3 is 2.80 bits per heavy atom. The Morgan fingerprint density at radius 2 is 2.04 bits per heavy atom. The summed E-state index contributed by atoms with van der Waals surface area (Å²) in [5.74, 6) is 0.823. The Kier molecular flexibility index (Phi) is 4.10. The second kappa shape index (κ2) is 6.42. The van der Waals surface area contributed by atoms with E-state index in [2.05, 4.69) is 15.1 Å². The van der Waals surface area contributed by atoms with Gasteiger partial charge in [-0.3, -0.25) is 14.0 Å². The van der Waals surface area contributed by atoms with Gasteiger partial charge in [0.1, 0.15) is 17.0 Å². The maximum Gasteiger partial charge on any atom is 0.262 e. The summed E-state index contributed by atoms with van der Waals surface area (Å²) in [5.41, 5.74) is 1.61. The fourth-order valence-electron chi connectivity index (χ4n) is 2.77. The van der Waals surface area contributed by atoms with E-state index in [9.17, 15) is 4.79 Å². The Labute approximate surface area is 152 Å². The lowest BCUT2D eigenvalue weighted by molar-refractivity contribution is 0.609. The van der Waals surface area contributed by atoms with E-state index in [1.807, 2.05) is 36.7 Å². The minimum Gasteiger partial charge on any atom is -0.298 e. The predicted octanol–water partition coefficient (Wildman–Crippen LogP) is 3.15. The molecular weight excluding hydrogens is 358 g/mol. The van der Waals surface area contributed by atoms with Crippen LogP contribution in [0.3, 0.4) is 0 Å². The molecule has 0 radical (unpaired) electrons. The van der Waals surface area contributed by atoms with Crippen LogP contribution in [0.25, 0.3) is 21.3 Å². The van der Waals surface area contributed by atoms with Crippen molar-refractivity contribution in [2.75, 3.05) is 0 Å². The largest absolute Gasteiger partial charge is 0.298 e. The third-order valence-electron chi connectivity index (χ3n) is 4.11. The molecule has 3 heterocycles. The zero-order chi connectivity index (χ0) is 17.4. The Balaban J connectivity index is 1.77. The van der Waals surface area contributed by atoms with Gasteiger partial charge in [0.05, 0.1) is 11.7 Å². The van der Waals surface area contributed by atoms with Gasteiger partial charge in [-0.1, -0.05) is 29.8 Å². The highest BCUT2D eigenvalue weighted by Crippen LogP contribution is 2.34. The molecule has 4 aromatic rings. The van der Waals surface area contributed by atoms with Crippen molar-refractivity contribution in [2.45, 2.75) is 13.0 Å². The van der Waals surface area contributed by atoms with E-state index in [0.29, 0.717) is 23.4 Å². The predicted molar refractivity (Wildman–Crippen MR) is 99.0 cm³/mol. The molecule has 4 rings (SSSR count). The normalized spacial score (nSPS) is 11.3. The minimum atomic E-state index is -0.0664. The van der Waals surface area contributed by atoms with Gasteiger partial charge in [-0.2, -0.15) is 5.10 Å². The van der Waals surface area contributed by atoms with Crippen molar-refractivity contribution in [1.82, 2.24) is 24.3 Å². The van der Waals surface area contributed by atoms with Crippen LogP contribution >= 0.6 is 22.9 Å². The second-order valence-electron chi connectivity index (χ2n) is 5.60. The fraction of sp³-hybridized carbons (Fsp3) is 0.176. The Bertz CT molecular complexity index is 1110. The van der Waals surface area contributed by atoms with Gasteiger partial charge in [-0.25, -0.2) is 9.97 Å². The van der Waals surface area contributed by atoms with Crippen LogP contribution in [0.15, 0.2) is 47.1 Å². The van der Waals surface area contributed by atoms with E-state index >= 15 is 0 Å². The molecule has 0 N–H and O–H groups in total. The SMILES string of the molecule is Cn1ncnc1CCn1cnc2scc(-c3ccccc3Cl)c2c1=O. The molecule has 0 spiro atoms. The summed E-state index contributed by atoms with van der Waals surface area (Å²) >= 11 is 7.76. The number of fused-ring (bicyclic) bond motifs is 1. The number of benzene rings is 1. The summed E-state index contributed by atoms with van der Waals surface area (Å²) in [7, 11) is 1.83. The third kappa shape index (κ3) is 2.85. The molecule has 0 aliphatic heterocycles. The number of hydrogen-bond acceptors (Lipinski definition) is 5. The molecule has 8 heteroatoms. The quantitative estimate of drug-likeness (QED) is 0.552. The zero-order valence-corrected chi connectivity index (χ0v) is 15.0. The molecule has 0 aliphatic rings. The lowest BCUT2D eigenvalue weighted by Gasteiger charge is -2.06. The van der Waals surface area contributed by atoms with Crippen LogP contribution in [-0.4, -0.2) is 24.3 Å². The van der Waals surface area contributed by atoms with Gasteiger partial charge in [0.25, 0.3) is 5.56 Å². The van der Waals surface area contributed by atoms with Crippen LogP contribution in [0, 0.1) is 0 Å². The van der Waals surface area contributed by atoms with Crippen LogP contribution in [0.2, 0.25) is 5.02 Å². The molecule has 6 nitrogen and oxygen atoms in total. The first-order chi connectivity index (χ1) is 12.1. The topological polar surface area (TPSA) is 65.6 Å². The molecule has 25 heavy (non-hydrogen) atoms. The van der Waals surface area contributed by atoms with Crippen LogP contribution in [0.1, 0.15) is 5.82 Å². The van der Waals surface area contributed by atoms with Gasteiger partial charge in [-0.15, -0.1) is 11.3 Å². The van der Waals surface area contributed by atoms with Crippen molar-refractivity contribution in [3.8, 4) is 11.1 Å². The van der Waals surface area contributed by atoms with E-state index in [1.54, 1.807) is 15.6 Å². The third-order valence-corrected chi connectivity index (χ3v) is 5.32. The minimum absolute atomic E-state index is 0.0664. The summed E-state index contributed by atoms with van der Waals surface area (Å²) in [6.07, 6.45) is 3.71. The van der Waals surface area contributed by atoms with Crippen molar-refractivity contribution in [3.63, 3.8) is 0 Å². The van der Waals surface area contributed by atoms with Gasteiger partial charge >= 0.3 is 0 Å². The van der Waals surface area contributed by atoms with Crippen molar-refractivity contribution in [1.29, 1.82) is 0 Å². The molecule has 0 bridgehead atoms. The maximum absolute atomic E-state index is 13.0. The molecule has 1 aromatic carbocycles. The molecule has 0 aliphatic carbocycles. The molecule has 126 valence electrons. The van der Waals surface area contributed by atoms with Crippen molar-refractivity contribution < 1.29 is 0 Å². The Hall–Kier alpha value is -2.51. The second-order valence-corrected chi connectivity index (χ2v) is 6.87. The summed E-state index contributed by atoms with van der Waals surface area (Å²) in [5, 5.41) is 7.21. The number of nitrogens with zero attached hydrogens (tertiary/aromatic N) is 5. The monoisotopic (exact) mass is 371 g/mol. The highest BCUT2D eigenvalue weighted by Gasteiger charge is 2.15. The first-order valence-electron chi connectivity index (χ1n) is 7.69. The van der Waals surface area contributed by atoms with Crippen LogP contribution in [0.5, 0.6) is 0 Å². The molecule has 0 fully saturated rings. The summed E-state index contributed by atoms with van der Waals surface area (Å²) in [6.45, 7) is 0.492. The molecule has 3 aromatic heterocycles. The molecular formula is C17H14ClN5OS. The molecule has 0 unspecified atom stereocenters. The number of aryl methyl sites for hydroxylation is 3. The Morgan fingerprint density at radius 1 is 1.20 bits per heavy atom. The first kappa shape index (κ1) is 16.0. The van der Waals surface area contributed by atoms with Crippen molar-refractivity contribution in [2.24, 2.45) is 7.05 Å². The van der Waals surface area contributed by atoms with E-state index in [4.69, 9.17) is 11.6 Å². The van der Waals surface area contributed by atoms with Crippen LogP contribution in [-0.2, 0) is 20.0 Å². The van der Waals surface area contributed by atoms with Crippen molar-refractivity contribution in [3.05, 3.63) is 63.5 Å². The number of hydrogen-bond donors (Lipinski definition) is 0. The van der Waals surface area contributed by atoms with Gasteiger partial charge in [0.15, 0.2) is 0 Å². The van der Waals surface area contributed by atoms with E-state index in [1.165, 1.54) is 17.7 Å². The first-order valence-corrected chi connectivity index (χ1v) is 8.95. The van der Waals surface area contributed by atoms with Crippen molar-refractivity contribution >= 4 is 33.2 Å². The fourth-order valence-corrected chi connectivity index (χ4v) is 3.91. The number of rotatable bonds is 4. The highest BCUT2D eigenvalue weighted by atomic mass is 35.5. The number of aromatic nitrogens is 5. The molecule has 0 saturated heterocycles. The smallest absolute Gasteiger partial charge is 0.262 e. The lowest BCUT2D eigenvalue weighted by Crippen LogP contribution is -2.22. The highest BCUT2D eigenvalue weighted by molar-refractivity contribution is 7.17. The van der Waals surface area contributed by atoms with E-state index in [-0.39, 0.29) is 5.56 Å². The van der Waals surface area contributed by atoms with Gasteiger partial charge in [0, 0.05) is 41.5 Å². The van der Waals surface area contributed by atoms with Gasteiger partial charge in [0.2, 0.25) is 0 Å². The summed E-state index contributed by atoms with van der Waals surface area (Å²) in [4.78, 5) is 22.3. The number of thiophene rings is 1. The maximum atomic E-state index is 13.0.